The first-order chi connectivity index (χ1) is 9.56. The molecule has 0 aromatic carbocycles. The Morgan fingerprint density at radius 3 is 3.00 bits per heavy atom. The average molecular weight is 297 g/mol. The highest BCUT2D eigenvalue weighted by Crippen LogP contribution is 2.26. The molecule has 0 spiro atoms. The molecule has 2 aromatic rings. The molecule has 1 atom stereocenters. The molecule has 3 rings (SSSR count). The van der Waals surface area contributed by atoms with Gasteiger partial charge in [-0.3, -0.25) is 9.58 Å². The number of rotatable bonds is 4. The molecule has 0 aliphatic carbocycles. The first kappa shape index (κ1) is 13.5. The standard InChI is InChI=1S/C12H17ClN6O/c1-17-11(10(13)6-15-17)7-18-4-2-12(20,8-18)9-19-5-3-14-16-19/h3,5-6,20H,2,4,7-9H2,1H3. The number of β-amino-alcohol motifs (C(OH)–C–C–N with tert-alkyl or cyclic N) is 1. The van der Waals surface area contributed by atoms with Gasteiger partial charge in [0.05, 0.1) is 35.3 Å². The Hall–Kier alpha value is -1.44. The summed E-state index contributed by atoms with van der Waals surface area (Å²) in [4.78, 5) is 2.18. The molecule has 0 radical (unpaired) electrons. The number of hydrogen-bond acceptors (Lipinski definition) is 5. The van der Waals surface area contributed by atoms with E-state index in [9.17, 15) is 5.11 Å². The molecule has 1 N–H and O–H groups in total. The summed E-state index contributed by atoms with van der Waals surface area (Å²) >= 11 is 6.11. The molecular weight excluding hydrogens is 280 g/mol. The minimum atomic E-state index is -0.765. The zero-order valence-electron chi connectivity index (χ0n) is 11.3. The second kappa shape index (κ2) is 5.16. The second-order valence-electron chi connectivity index (χ2n) is 5.35. The molecule has 1 fully saturated rings. The van der Waals surface area contributed by atoms with E-state index in [1.165, 1.54) is 0 Å². The van der Waals surface area contributed by atoms with Crippen molar-refractivity contribution in [1.29, 1.82) is 0 Å². The summed E-state index contributed by atoms with van der Waals surface area (Å²) in [5.74, 6) is 0. The number of nitrogens with zero attached hydrogens (tertiary/aromatic N) is 6. The molecule has 1 unspecified atom stereocenters. The normalized spacial score (nSPS) is 23.6. The molecule has 2 aromatic heterocycles. The number of aliphatic hydroxyl groups is 1. The van der Waals surface area contributed by atoms with E-state index in [0.717, 1.165) is 12.2 Å². The van der Waals surface area contributed by atoms with E-state index in [1.54, 1.807) is 28.0 Å². The van der Waals surface area contributed by atoms with Gasteiger partial charge in [-0.15, -0.1) is 5.10 Å². The predicted molar refractivity (Wildman–Crippen MR) is 73.1 cm³/mol. The van der Waals surface area contributed by atoms with Crippen LogP contribution in [0.4, 0.5) is 0 Å². The maximum Gasteiger partial charge on any atom is 0.0981 e. The summed E-state index contributed by atoms with van der Waals surface area (Å²) in [5, 5.41) is 23.1. The molecule has 20 heavy (non-hydrogen) atoms. The Kier molecular flexibility index (Phi) is 3.49. The van der Waals surface area contributed by atoms with Crippen LogP contribution in [0.15, 0.2) is 18.6 Å². The molecule has 1 aliphatic heterocycles. The fourth-order valence-corrected chi connectivity index (χ4v) is 2.87. The number of halogens is 1. The Labute approximate surface area is 121 Å². The van der Waals surface area contributed by atoms with E-state index in [4.69, 9.17) is 11.6 Å². The lowest BCUT2D eigenvalue weighted by Crippen LogP contribution is -2.37. The lowest BCUT2D eigenvalue weighted by molar-refractivity contribution is 0.0272. The Balaban J connectivity index is 1.64. The van der Waals surface area contributed by atoms with Crippen LogP contribution in [0.5, 0.6) is 0 Å². The van der Waals surface area contributed by atoms with Gasteiger partial charge < -0.3 is 5.11 Å². The van der Waals surface area contributed by atoms with Crippen molar-refractivity contribution >= 4 is 11.6 Å². The zero-order valence-corrected chi connectivity index (χ0v) is 12.0. The minimum Gasteiger partial charge on any atom is -0.387 e. The van der Waals surface area contributed by atoms with Gasteiger partial charge in [-0.05, 0) is 6.42 Å². The summed E-state index contributed by atoms with van der Waals surface area (Å²) in [6.07, 6.45) is 5.74. The summed E-state index contributed by atoms with van der Waals surface area (Å²) in [6, 6.07) is 0. The molecule has 0 saturated carbocycles. The van der Waals surface area contributed by atoms with Gasteiger partial charge in [0, 0.05) is 32.9 Å². The van der Waals surface area contributed by atoms with Crippen molar-refractivity contribution < 1.29 is 5.11 Å². The maximum absolute atomic E-state index is 10.6. The SMILES string of the molecule is Cn1ncc(Cl)c1CN1CCC(O)(Cn2ccnn2)C1. The van der Waals surface area contributed by atoms with Gasteiger partial charge in [-0.1, -0.05) is 16.8 Å². The van der Waals surface area contributed by atoms with Crippen molar-refractivity contribution in [3.63, 3.8) is 0 Å². The number of aryl methyl sites for hydroxylation is 1. The zero-order chi connectivity index (χ0) is 14.2. The molecule has 8 heteroatoms. The third-order valence-corrected chi connectivity index (χ3v) is 4.04. The van der Waals surface area contributed by atoms with Crippen LogP contribution >= 0.6 is 11.6 Å². The van der Waals surface area contributed by atoms with Crippen molar-refractivity contribution in [3.8, 4) is 0 Å². The van der Waals surface area contributed by atoms with Crippen LogP contribution in [0.1, 0.15) is 12.1 Å². The highest BCUT2D eigenvalue weighted by atomic mass is 35.5. The smallest absolute Gasteiger partial charge is 0.0981 e. The van der Waals surface area contributed by atoms with Crippen LogP contribution in [0.2, 0.25) is 5.02 Å². The molecule has 3 heterocycles. The van der Waals surface area contributed by atoms with Crippen LogP contribution in [0.3, 0.4) is 0 Å². The minimum absolute atomic E-state index is 0.461. The predicted octanol–water partition coefficient (Wildman–Crippen LogP) is 0.302. The highest BCUT2D eigenvalue weighted by molar-refractivity contribution is 6.31. The van der Waals surface area contributed by atoms with Crippen molar-refractivity contribution in [1.82, 2.24) is 29.7 Å². The van der Waals surface area contributed by atoms with Gasteiger partial charge in [0.2, 0.25) is 0 Å². The Bertz CT molecular complexity index is 563. The fourth-order valence-electron chi connectivity index (χ4n) is 2.65. The third kappa shape index (κ3) is 2.70. The molecule has 1 saturated heterocycles. The third-order valence-electron chi connectivity index (χ3n) is 3.72. The molecule has 0 bridgehead atoms. The van der Waals surface area contributed by atoms with Crippen molar-refractivity contribution in [3.05, 3.63) is 29.3 Å². The number of aromatic nitrogens is 5. The summed E-state index contributed by atoms with van der Waals surface area (Å²) in [7, 11) is 1.87. The highest BCUT2D eigenvalue weighted by Gasteiger charge is 2.37. The van der Waals surface area contributed by atoms with E-state index >= 15 is 0 Å². The largest absolute Gasteiger partial charge is 0.387 e. The quantitative estimate of drug-likeness (QED) is 0.879. The van der Waals surface area contributed by atoms with E-state index in [1.807, 2.05) is 7.05 Å². The van der Waals surface area contributed by atoms with Crippen LogP contribution in [0, 0.1) is 0 Å². The lowest BCUT2D eigenvalue weighted by atomic mass is 10.0. The molecule has 108 valence electrons. The van der Waals surface area contributed by atoms with Gasteiger partial charge >= 0.3 is 0 Å². The van der Waals surface area contributed by atoms with Gasteiger partial charge in [-0.2, -0.15) is 5.10 Å². The summed E-state index contributed by atoms with van der Waals surface area (Å²) < 4.78 is 3.44. The topological polar surface area (TPSA) is 72.0 Å². The van der Waals surface area contributed by atoms with E-state index in [2.05, 4.69) is 20.3 Å². The van der Waals surface area contributed by atoms with Crippen molar-refractivity contribution in [2.75, 3.05) is 13.1 Å². The van der Waals surface area contributed by atoms with E-state index in [0.29, 0.717) is 31.1 Å². The molecular formula is C12H17ClN6O. The Morgan fingerprint density at radius 2 is 2.35 bits per heavy atom. The average Bonchev–Trinajstić information content (AvgIpc) is 3.09. The lowest BCUT2D eigenvalue weighted by Gasteiger charge is -2.23. The summed E-state index contributed by atoms with van der Waals surface area (Å²) in [6.45, 7) is 2.57. The van der Waals surface area contributed by atoms with Crippen LogP contribution in [-0.2, 0) is 20.1 Å². The molecule has 0 amide bonds. The van der Waals surface area contributed by atoms with Crippen LogP contribution in [-0.4, -0.2) is 53.5 Å². The van der Waals surface area contributed by atoms with Gasteiger partial charge in [0.1, 0.15) is 0 Å². The second-order valence-corrected chi connectivity index (χ2v) is 5.76. The number of likely N-dealkylation sites (tertiary alicyclic amines) is 1. The van der Waals surface area contributed by atoms with Gasteiger partial charge in [0.15, 0.2) is 0 Å². The van der Waals surface area contributed by atoms with E-state index in [-0.39, 0.29) is 0 Å². The van der Waals surface area contributed by atoms with E-state index < -0.39 is 5.60 Å². The van der Waals surface area contributed by atoms with Gasteiger partial charge in [0.25, 0.3) is 0 Å². The van der Waals surface area contributed by atoms with Crippen LogP contribution in [0.25, 0.3) is 0 Å². The summed E-state index contributed by atoms with van der Waals surface area (Å²) in [5.41, 5.74) is 0.204. The van der Waals surface area contributed by atoms with Crippen LogP contribution < -0.4 is 0 Å². The van der Waals surface area contributed by atoms with Crippen molar-refractivity contribution in [2.45, 2.75) is 25.1 Å². The first-order valence-corrected chi connectivity index (χ1v) is 6.89. The Morgan fingerprint density at radius 1 is 1.50 bits per heavy atom. The van der Waals surface area contributed by atoms with Crippen molar-refractivity contribution in [2.24, 2.45) is 7.05 Å². The monoisotopic (exact) mass is 296 g/mol. The number of hydrogen-bond donors (Lipinski definition) is 1. The maximum atomic E-state index is 10.6. The molecule has 1 aliphatic rings. The first-order valence-electron chi connectivity index (χ1n) is 6.51. The van der Waals surface area contributed by atoms with Gasteiger partial charge in [-0.25, -0.2) is 4.68 Å². The molecule has 7 nitrogen and oxygen atoms in total. The fraction of sp³-hybridized carbons (Fsp3) is 0.583.